The van der Waals surface area contributed by atoms with Crippen molar-refractivity contribution in [3.05, 3.63) is 71.3 Å². The van der Waals surface area contributed by atoms with Crippen molar-refractivity contribution in [3.8, 4) is 0 Å². The van der Waals surface area contributed by atoms with E-state index in [2.05, 4.69) is 0 Å². The van der Waals surface area contributed by atoms with Crippen molar-refractivity contribution in [3.63, 3.8) is 0 Å². The third-order valence-corrected chi connectivity index (χ3v) is 4.63. The summed E-state index contributed by atoms with van der Waals surface area (Å²) in [6, 6.07) is 17.3. The van der Waals surface area contributed by atoms with Gasteiger partial charge >= 0.3 is 0 Å². The van der Waals surface area contributed by atoms with Gasteiger partial charge in [0.05, 0.1) is 5.60 Å². The Balaban J connectivity index is 1.70. The van der Waals surface area contributed by atoms with E-state index in [9.17, 15) is 9.90 Å². The van der Waals surface area contributed by atoms with Crippen LogP contribution in [0.25, 0.3) is 0 Å². The molecule has 0 saturated heterocycles. The van der Waals surface area contributed by atoms with Crippen molar-refractivity contribution in [2.75, 3.05) is 0 Å². The molecule has 3 rings (SSSR count). The second kappa shape index (κ2) is 6.45. The highest BCUT2D eigenvalue weighted by Gasteiger charge is 2.30. The monoisotopic (exact) mass is 294 g/mol. The molecule has 22 heavy (non-hydrogen) atoms. The van der Waals surface area contributed by atoms with Crippen LogP contribution in [0.2, 0.25) is 0 Å². The average Bonchev–Trinajstić information content (AvgIpc) is 2.57. The first-order chi connectivity index (χ1) is 10.7. The van der Waals surface area contributed by atoms with Crippen LogP contribution < -0.4 is 0 Å². The maximum absolute atomic E-state index is 12.2. The molecule has 2 aromatic carbocycles. The normalized spacial score (nSPS) is 17.1. The molecular weight excluding hydrogens is 272 g/mol. The number of benzene rings is 2. The van der Waals surface area contributed by atoms with Crippen LogP contribution in [0, 0.1) is 0 Å². The summed E-state index contributed by atoms with van der Waals surface area (Å²) in [4.78, 5) is 12.2. The van der Waals surface area contributed by atoms with E-state index in [1.165, 1.54) is 6.42 Å². The largest absolute Gasteiger partial charge is 0.385 e. The SMILES string of the molecule is O=C(Cc1ccc(C2(O)CCCCC2)cc1)c1ccccc1. The van der Waals surface area contributed by atoms with E-state index in [4.69, 9.17) is 0 Å². The van der Waals surface area contributed by atoms with Crippen molar-refractivity contribution in [2.24, 2.45) is 0 Å². The molecule has 0 unspecified atom stereocenters. The van der Waals surface area contributed by atoms with Gasteiger partial charge in [0.25, 0.3) is 0 Å². The lowest BCUT2D eigenvalue weighted by atomic mass is 9.79. The fraction of sp³-hybridized carbons (Fsp3) is 0.350. The highest BCUT2D eigenvalue weighted by Crippen LogP contribution is 2.36. The molecule has 0 bridgehead atoms. The summed E-state index contributed by atoms with van der Waals surface area (Å²) in [5, 5.41) is 10.7. The topological polar surface area (TPSA) is 37.3 Å². The van der Waals surface area contributed by atoms with Gasteiger partial charge in [-0.15, -0.1) is 0 Å². The van der Waals surface area contributed by atoms with Crippen LogP contribution in [0.3, 0.4) is 0 Å². The molecule has 1 N–H and O–H groups in total. The highest BCUT2D eigenvalue weighted by atomic mass is 16.3. The summed E-state index contributed by atoms with van der Waals surface area (Å²) in [6.07, 6.45) is 5.48. The quantitative estimate of drug-likeness (QED) is 0.855. The zero-order valence-corrected chi connectivity index (χ0v) is 12.8. The molecule has 0 radical (unpaired) electrons. The van der Waals surface area contributed by atoms with Crippen molar-refractivity contribution in [1.29, 1.82) is 0 Å². The van der Waals surface area contributed by atoms with Crippen molar-refractivity contribution < 1.29 is 9.90 Å². The lowest BCUT2D eigenvalue weighted by molar-refractivity contribution is -0.000632. The van der Waals surface area contributed by atoms with Crippen molar-refractivity contribution in [2.45, 2.75) is 44.1 Å². The Morgan fingerprint density at radius 1 is 0.909 bits per heavy atom. The molecule has 1 fully saturated rings. The van der Waals surface area contributed by atoms with Crippen molar-refractivity contribution in [1.82, 2.24) is 0 Å². The van der Waals surface area contributed by atoms with E-state index >= 15 is 0 Å². The van der Waals surface area contributed by atoms with Gasteiger partial charge in [0, 0.05) is 12.0 Å². The highest BCUT2D eigenvalue weighted by molar-refractivity contribution is 5.97. The molecule has 2 aromatic rings. The fourth-order valence-electron chi connectivity index (χ4n) is 3.27. The van der Waals surface area contributed by atoms with Crippen LogP contribution in [0.15, 0.2) is 54.6 Å². The number of carbonyl (C=O) groups excluding carboxylic acids is 1. The van der Waals surface area contributed by atoms with Gasteiger partial charge in [-0.25, -0.2) is 0 Å². The lowest BCUT2D eigenvalue weighted by Crippen LogP contribution is -2.28. The van der Waals surface area contributed by atoms with Crippen LogP contribution >= 0.6 is 0 Å². The summed E-state index contributed by atoms with van der Waals surface area (Å²) in [6.45, 7) is 0. The molecule has 1 aliphatic rings. The van der Waals surface area contributed by atoms with E-state index in [1.807, 2.05) is 54.6 Å². The van der Waals surface area contributed by atoms with Crippen LogP contribution in [0.5, 0.6) is 0 Å². The molecule has 0 amide bonds. The predicted molar refractivity (Wildman–Crippen MR) is 87.9 cm³/mol. The number of aliphatic hydroxyl groups is 1. The van der Waals surface area contributed by atoms with Crippen LogP contribution in [0.4, 0.5) is 0 Å². The number of carbonyl (C=O) groups is 1. The minimum Gasteiger partial charge on any atom is -0.385 e. The Labute approximate surface area is 131 Å². The van der Waals surface area contributed by atoms with Gasteiger partial charge in [0.1, 0.15) is 0 Å². The second-order valence-electron chi connectivity index (χ2n) is 6.26. The first kappa shape index (κ1) is 15.0. The molecule has 0 aliphatic heterocycles. The van der Waals surface area contributed by atoms with Gasteiger partial charge < -0.3 is 5.11 Å². The molecule has 0 atom stereocenters. The van der Waals surface area contributed by atoms with Gasteiger partial charge in [-0.05, 0) is 24.0 Å². The van der Waals surface area contributed by atoms with Crippen LogP contribution in [0.1, 0.15) is 53.6 Å². The standard InChI is InChI=1S/C20H22O2/c21-19(17-7-3-1-4-8-17)15-16-9-11-18(12-10-16)20(22)13-5-2-6-14-20/h1,3-4,7-12,22H,2,5-6,13-15H2. The summed E-state index contributed by atoms with van der Waals surface area (Å²) in [5.74, 6) is 0.129. The molecule has 2 heteroatoms. The average molecular weight is 294 g/mol. The molecular formula is C20H22O2. The van der Waals surface area contributed by atoms with E-state index in [0.717, 1.165) is 42.4 Å². The Morgan fingerprint density at radius 3 is 2.18 bits per heavy atom. The molecule has 1 saturated carbocycles. The maximum atomic E-state index is 12.2. The number of ketones is 1. The van der Waals surface area contributed by atoms with Gasteiger partial charge in [-0.3, -0.25) is 4.79 Å². The second-order valence-corrected chi connectivity index (χ2v) is 6.26. The van der Waals surface area contributed by atoms with Gasteiger partial charge in [-0.1, -0.05) is 73.9 Å². The molecule has 0 spiro atoms. The number of hydrogen-bond donors (Lipinski definition) is 1. The Kier molecular flexibility index (Phi) is 4.39. The first-order valence-electron chi connectivity index (χ1n) is 8.07. The smallest absolute Gasteiger partial charge is 0.167 e. The molecule has 0 aromatic heterocycles. The minimum absolute atomic E-state index is 0.129. The molecule has 1 aliphatic carbocycles. The number of Topliss-reactive ketones (excluding diaryl/α,β-unsaturated/α-hetero) is 1. The number of hydrogen-bond acceptors (Lipinski definition) is 2. The van der Waals surface area contributed by atoms with Gasteiger partial charge in [0.15, 0.2) is 5.78 Å². The van der Waals surface area contributed by atoms with E-state index in [0.29, 0.717) is 6.42 Å². The predicted octanol–water partition coefficient (Wildman–Crippen LogP) is 4.26. The van der Waals surface area contributed by atoms with E-state index in [1.54, 1.807) is 0 Å². The first-order valence-corrected chi connectivity index (χ1v) is 8.07. The Hall–Kier alpha value is -1.93. The van der Waals surface area contributed by atoms with Crippen LogP contribution in [-0.2, 0) is 12.0 Å². The third kappa shape index (κ3) is 3.28. The zero-order valence-electron chi connectivity index (χ0n) is 12.8. The number of rotatable bonds is 4. The summed E-state index contributed by atoms with van der Waals surface area (Å²) < 4.78 is 0. The summed E-state index contributed by atoms with van der Waals surface area (Å²) in [5.41, 5.74) is 2.07. The molecule has 0 heterocycles. The fourth-order valence-corrected chi connectivity index (χ4v) is 3.27. The van der Waals surface area contributed by atoms with E-state index < -0.39 is 5.60 Å². The minimum atomic E-state index is -0.666. The summed E-state index contributed by atoms with van der Waals surface area (Å²) >= 11 is 0. The third-order valence-electron chi connectivity index (χ3n) is 4.63. The Bertz CT molecular complexity index is 623. The van der Waals surface area contributed by atoms with Gasteiger partial charge in [0.2, 0.25) is 0 Å². The van der Waals surface area contributed by atoms with E-state index in [-0.39, 0.29) is 5.78 Å². The summed E-state index contributed by atoms with van der Waals surface area (Å²) in [7, 11) is 0. The van der Waals surface area contributed by atoms with Gasteiger partial charge in [-0.2, -0.15) is 0 Å². The Morgan fingerprint density at radius 2 is 1.55 bits per heavy atom. The van der Waals surface area contributed by atoms with Crippen molar-refractivity contribution >= 4 is 5.78 Å². The molecule has 114 valence electrons. The maximum Gasteiger partial charge on any atom is 0.167 e. The van der Waals surface area contributed by atoms with Crippen LogP contribution in [-0.4, -0.2) is 10.9 Å². The lowest BCUT2D eigenvalue weighted by Gasteiger charge is -2.32. The zero-order chi connectivity index (χ0) is 15.4. The molecule has 2 nitrogen and oxygen atoms in total.